The first-order valence-corrected chi connectivity index (χ1v) is 7.34. The Kier molecular flexibility index (Phi) is 3.09. The third-order valence-electron chi connectivity index (χ3n) is 3.45. The second-order valence-corrected chi connectivity index (χ2v) is 5.60. The first-order chi connectivity index (χ1) is 11.1. The molecule has 5 nitrogen and oxygen atoms in total. The van der Waals surface area contributed by atoms with E-state index in [9.17, 15) is 4.79 Å². The number of nitrogens with one attached hydrogen (secondary N) is 1. The molecule has 4 aromatic rings. The van der Waals surface area contributed by atoms with E-state index in [0.717, 1.165) is 5.39 Å². The highest BCUT2D eigenvalue weighted by atomic mass is 35.5. The zero-order chi connectivity index (χ0) is 16.0. The third kappa shape index (κ3) is 2.55. The largest absolute Gasteiger partial charge is 0.451 e. The smallest absolute Gasteiger partial charge is 0.291 e. The molecule has 2 aromatic heterocycles. The summed E-state index contributed by atoms with van der Waals surface area (Å²) in [5.74, 6) is 0.466. The van der Waals surface area contributed by atoms with Crippen molar-refractivity contribution in [3.05, 3.63) is 59.1 Å². The Hall–Kier alpha value is -2.79. The van der Waals surface area contributed by atoms with Crippen LogP contribution in [0.4, 0.5) is 5.69 Å². The predicted octanol–water partition coefficient (Wildman–Crippen LogP) is 4.79. The van der Waals surface area contributed by atoms with E-state index in [1.807, 2.05) is 0 Å². The number of aryl methyl sites for hydroxylation is 1. The lowest BCUT2D eigenvalue weighted by molar-refractivity contribution is 0.0998. The molecule has 0 saturated carbocycles. The van der Waals surface area contributed by atoms with E-state index in [1.54, 1.807) is 49.4 Å². The maximum atomic E-state index is 12.3. The first kappa shape index (κ1) is 13.8. The molecule has 0 bridgehead atoms. The number of hydrogen-bond acceptors (Lipinski definition) is 4. The second-order valence-electron chi connectivity index (χ2n) is 5.16. The average molecular weight is 327 g/mol. The van der Waals surface area contributed by atoms with Crippen molar-refractivity contribution in [3.8, 4) is 0 Å². The molecule has 2 heterocycles. The molecule has 1 N–H and O–H groups in total. The number of halogens is 1. The van der Waals surface area contributed by atoms with Gasteiger partial charge in [0.1, 0.15) is 11.1 Å². The number of nitrogens with zero attached hydrogens (tertiary/aromatic N) is 1. The lowest BCUT2D eigenvalue weighted by Crippen LogP contribution is -2.10. The maximum absolute atomic E-state index is 12.3. The molecule has 6 heteroatoms. The fraction of sp³-hybridized carbons (Fsp3) is 0.0588. The summed E-state index contributed by atoms with van der Waals surface area (Å²) in [5.41, 5.74) is 2.60. The molecule has 0 radical (unpaired) electrons. The van der Waals surface area contributed by atoms with E-state index < -0.39 is 0 Å². The van der Waals surface area contributed by atoms with Crippen LogP contribution in [0, 0.1) is 6.92 Å². The van der Waals surface area contributed by atoms with Crippen molar-refractivity contribution in [3.63, 3.8) is 0 Å². The van der Waals surface area contributed by atoms with E-state index in [1.165, 1.54) is 0 Å². The van der Waals surface area contributed by atoms with Crippen LogP contribution in [0.1, 0.15) is 16.4 Å². The van der Waals surface area contributed by atoms with Gasteiger partial charge >= 0.3 is 0 Å². The number of hydrogen-bond donors (Lipinski definition) is 1. The molecule has 4 rings (SSSR count). The van der Waals surface area contributed by atoms with E-state index in [2.05, 4.69) is 10.3 Å². The minimum atomic E-state index is -0.336. The van der Waals surface area contributed by atoms with E-state index >= 15 is 0 Å². The van der Waals surface area contributed by atoms with Crippen LogP contribution in [0.5, 0.6) is 0 Å². The summed E-state index contributed by atoms with van der Waals surface area (Å²) in [6.45, 7) is 1.78. The number of aromatic nitrogens is 1. The third-order valence-corrected chi connectivity index (χ3v) is 3.69. The molecular weight excluding hydrogens is 316 g/mol. The summed E-state index contributed by atoms with van der Waals surface area (Å²) < 4.78 is 11.0. The topological polar surface area (TPSA) is 68.3 Å². The SMILES string of the molecule is Cc1nc2cc(NC(=O)c3cc4cc(Cl)ccc4o3)ccc2o1. The second kappa shape index (κ2) is 5.14. The van der Waals surface area contributed by atoms with Gasteiger partial charge < -0.3 is 14.2 Å². The zero-order valence-electron chi connectivity index (χ0n) is 12.1. The highest BCUT2D eigenvalue weighted by Crippen LogP contribution is 2.24. The number of oxazole rings is 1. The highest BCUT2D eigenvalue weighted by Gasteiger charge is 2.13. The molecule has 0 aliphatic heterocycles. The number of fused-ring (bicyclic) bond motifs is 2. The van der Waals surface area contributed by atoms with Crippen LogP contribution >= 0.6 is 11.6 Å². The number of anilines is 1. The fourth-order valence-electron chi connectivity index (χ4n) is 2.44. The number of carbonyl (C=O) groups excluding carboxylic acids is 1. The van der Waals surface area contributed by atoms with Crippen molar-refractivity contribution in [1.82, 2.24) is 4.98 Å². The van der Waals surface area contributed by atoms with Gasteiger partial charge in [0.2, 0.25) is 0 Å². The molecule has 0 atom stereocenters. The summed E-state index contributed by atoms with van der Waals surface area (Å²) >= 11 is 5.94. The molecule has 114 valence electrons. The Morgan fingerprint density at radius 3 is 2.78 bits per heavy atom. The van der Waals surface area contributed by atoms with Gasteiger partial charge in [-0.3, -0.25) is 4.79 Å². The lowest BCUT2D eigenvalue weighted by atomic mass is 10.2. The Morgan fingerprint density at radius 2 is 1.91 bits per heavy atom. The number of furan rings is 1. The molecule has 0 fully saturated rings. The van der Waals surface area contributed by atoms with Gasteiger partial charge in [0, 0.05) is 23.0 Å². The van der Waals surface area contributed by atoms with Gasteiger partial charge in [0.15, 0.2) is 17.2 Å². The van der Waals surface area contributed by atoms with Gasteiger partial charge in [0.05, 0.1) is 0 Å². The van der Waals surface area contributed by atoms with Crippen LogP contribution in [0.3, 0.4) is 0 Å². The van der Waals surface area contributed by atoms with Crippen molar-refractivity contribution in [2.75, 3.05) is 5.32 Å². The molecule has 1 amide bonds. The monoisotopic (exact) mass is 326 g/mol. The fourth-order valence-corrected chi connectivity index (χ4v) is 2.62. The molecule has 0 aliphatic rings. The summed E-state index contributed by atoms with van der Waals surface area (Å²) in [6.07, 6.45) is 0. The number of benzene rings is 2. The van der Waals surface area contributed by atoms with Crippen LogP contribution in [-0.4, -0.2) is 10.9 Å². The van der Waals surface area contributed by atoms with Crippen molar-refractivity contribution in [2.45, 2.75) is 6.92 Å². The number of rotatable bonds is 2. The minimum absolute atomic E-state index is 0.221. The number of amides is 1. The van der Waals surface area contributed by atoms with E-state index in [-0.39, 0.29) is 11.7 Å². The quantitative estimate of drug-likeness (QED) is 0.575. The van der Waals surface area contributed by atoms with E-state index in [4.69, 9.17) is 20.4 Å². The molecule has 0 unspecified atom stereocenters. The zero-order valence-corrected chi connectivity index (χ0v) is 12.8. The van der Waals surface area contributed by atoms with Crippen LogP contribution < -0.4 is 5.32 Å². The van der Waals surface area contributed by atoms with Gasteiger partial charge in [0.25, 0.3) is 5.91 Å². The molecular formula is C17H11ClN2O3. The minimum Gasteiger partial charge on any atom is -0.451 e. The van der Waals surface area contributed by atoms with Crippen LogP contribution in [0.2, 0.25) is 5.02 Å². The Balaban J connectivity index is 1.64. The van der Waals surface area contributed by atoms with Crippen LogP contribution in [0.15, 0.2) is 51.3 Å². The molecule has 23 heavy (non-hydrogen) atoms. The van der Waals surface area contributed by atoms with Crippen LogP contribution in [-0.2, 0) is 0 Å². The van der Waals surface area contributed by atoms with Crippen molar-refractivity contribution >= 4 is 45.3 Å². The van der Waals surface area contributed by atoms with Gasteiger partial charge in [-0.1, -0.05) is 11.6 Å². The Bertz CT molecular complexity index is 1050. The average Bonchev–Trinajstić information content (AvgIpc) is 3.08. The molecule has 0 aliphatic carbocycles. The summed E-state index contributed by atoms with van der Waals surface area (Å²) in [5, 5.41) is 4.17. The lowest BCUT2D eigenvalue weighted by Gasteiger charge is -2.02. The van der Waals surface area contributed by atoms with Gasteiger partial charge in [-0.2, -0.15) is 0 Å². The van der Waals surface area contributed by atoms with Crippen molar-refractivity contribution in [1.29, 1.82) is 0 Å². The summed E-state index contributed by atoms with van der Waals surface area (Å²) in [7, 11) is 0. The Morgan fingerprint density at radius 1 is 1.09 bits per heavy atom. The van der Waals surface area contributed by atoms with Crippen LogP contribution in [0.25, 0.3) is 22.1 Å². The van der Waals surface area contributed by atoms with Gasteiger partial charge in [-0.05, 0) is 42.5 Å². The van der Waals surface area contributed by atoms with Crippen molar-refractivity contribution in [2.24, 2.45) is 0 Å². The molecule has 0 saturated heterocycles. The summed E-state index contributed by atoms with van der Waals surface area (Å²) in [6, 6.07) is 12.1. The highest BCUT2D eigenvalue weighted by molar-refractivity contribution is 6.31. The van der Waals surface area contributed by atoms with Gasteiger partial charge in [-0.25, -0.2) is 4.98 Å². The molecule has 0 spiro atoms. The maximum Gasteiger partial charge on any atom is 0.291 e. The Labute approximate surface area is 135 Å². The standard InChI is InChI=1S/C17H11ClN2O3/c1-9-19-13-8-12(3-5-15(13)22-9)20-17(21)16-7-10-6-11(18)2-4-14(10)23-16/h2-8H,1H3,(H,20,21). The normalized spacial score (nSPS) is 11.2. The van der Waals surface area contributed by atoms with Crippen molar-refractivity contribution < 1.29 is 13.6 Å². The summed E-state index contributed by atoms with van der Waals surface area (Å²) in [4.78, 5) is 16.6. The van der Waals surface area contributed by atoms with Gasteiger partial charge in [-0.15, -0.1) is 0 Å². The predicted molar refractivity (Wildman–Crippen MR) is 87.9 cm³/mol. The number of carbonyl (C=O) groups is 1. The molecule has 2 aromatic carbocycles. The van der Waals surface area contributed by atoms with E-state index in [0.29, 0.717) is 33.3 Å². The first-order valence-electron chi connectivity index (χ1n) is 6.96.